The van der Waals surface area contributed by atoms with Gasteiger partial charge in [0.05, 0.1) is 0 Å². The summed E-state index contributed by atoms with van der Waals surface area (Å²) in [6.45, 7) is 3.34. The van der Waals surface area contributed by atoms with Gasteiger partial charge in [0.1, 0.15) is 11.4 Å². The number of pyridine rings is 1. The number of carboxylic acid groups (broad SMARTS) is 1. The van der Waals surface area contributed by atoms with Crippen LogP contribution in [0.15, 0.2) is 66.9 Å². The minimum atomic E-state index is -0.974. The molecule has 2 aromatic carbocycles. The second kappa shape index (κ2) is 11.4. The van der Waals surface area contributed by atoms with E-state index in [2.05, 4.69) is 56.8 Å². The summed E-state index contributed by atoms with van der Waals surface area (Å²) in [5.74, 6) is 0.132. The van der Waals surface area contributed by atoms with E-state index >= 15 is 0 Å². The summed E-state index contributed by atoms with van der Waals surface area (Å²) in [5, 5.41) is 23.7. The summed E-state index contributed by atoms with van der Waals surface area (Å²) in [7, 11) is 0. The molecule has 0 aliphatic carbocycles. The first kappa shape index (κ1) is 24.2. The van der Waals surface area contributed by atoms with Crippen LogP contribution in [0.2, 0.25) is 0 Å². The van der Waals surface area contributed by atoms with E-state index in [-0.39, 0.29) is 56.9 Å². The van der Waals surface area contributed by atoms with Crippen LogP contribution >= 0.6 is 0 Å². The van der Waals surface area contributed by atoms with E-state index in [1.54, 1.807) is 18.3 Å². The van der Waals surface area contributed by atoms with E-state index in [1.165, 1.54) is 0 Å². The molecule has 2 heterocycles. The number of aromatic amines is 1. The third-order valence-electron chi connectivity index (χ3n) is 4.98. The molecule has 0 spiro atoms. The molecular formula is C23H23KN6O2. The molecule has 0 saturated heterocycles. The molecule has 8 nitrogen and oxygen atoms in total. The molecule has 0 bridgehead atoms. The molecule has 0 amide bonds. The molecule has 32 heavy (non-hydrogen) atoms. The SMILES string of the molecule is CCCN(Cc1ccc(-c2ccccc2-c2nnn[nH]2)cc1)c1ncccc1C(=O)O.[KH]. The summed E-state index contributed by atoms with van der Waals surface area (Å²) in [4.78, 5) is 18.0. The van der Waals surface area contributed by atoms with Crippen LogP contribution in [-0.4, -0.2) is 94.6 Å². The summed E-state index contributed by atoms with van der Waals surface area (Å²) < 4.78 is 0. The number of aromatic carboxylic acids is 1. The van der Waals surface area contributed by atoms with Crippen LogP contribution in [0.3, 0.4) is 0 Å². The normalized spacial score (nSPS) is 10.4. The van der Waals surface area contributed by atoms with Gasteiger partial charge in [-0.1, -0.05) is 55.5 Å². The van der Waals surface area contributed by atoms with Crippen LogP contribution in [0.1, 0.15) is 29.3 Å². The van der Waals surface area contributed by atoms with Gasteiger partial charge >= 0.3 is 57.4 Å². The van der Waals surface area contributed by atoms with Crippen molar-refractivity contribution in [3.63, 3.8) is 0 Å². The average Bonchev–Trinajstić information content (AvgIpc) is 3.34. The van der Waals surface area contributed by atoms with E-state index in [9.17, 15) is 9.90 Å². The van der Waals surface area contributed by atoms with Gasteiger partial charge < -0.3 is 10.0 Å². The van der Waals surface area contributed by atoms with Crippen molar-refractivity contribution in [3.8, 4) is 22.5 Å². The van der Waals surface area contributed by atoms with Gasteiger partial charge in [-0.3, -0.25) is 0 Å². The maximum atomic E-state index is 11.6. The fraction of sp³-hybridized carbons (Fsp3) is 0.174. The number of nitrogens with one attached hydrogen (secondary N) is 1. The summed E-state index contributed by atoms with van der Waals surface area (Å²) in [5.41, 5.74) is 4.27. The molecule has 0 unspecified atom stereocenters. The molecule has 0 aliphatic heterocycles. The molecule has 4 aromatic rings. The third-order valence-corrected chi connectivity index (χ3v) is 4.98. The van der Waals surface area contributed by atoms with Crippen molar-refractivity contribution < 1.29 is 9.90 Å². The molecule has 0 fully saturated rings. The van der Waals surface area contributed by atoms with Crippen molar-refractivity contribution >= 4 is 63.2 Å². The first-order valence-electron chi connectivity index (χ1n) is 10.0. The Morgan fingerprint density at radius 1 is 1.03 bits per heavy atom. The van der Waals surface area contributed by atoms with Crippen molar-refractivity contribution in [2.45, 2.75) is 19.9 Å². The quantitative estimate of drug-likeness (QED) is 0.393. The van der Waals surface area contributed by atoms with Crippen LogP contribution in [0, 0.1) is 0 Å². The zero-order valence-electron chi connectivity index (χ0n) is 17.1. The van der Waals surface area contributed by atoms with Gasteiger partial charge in [0.2, 0.25) is 0 Å². The Morgan fingerprint density at radius 2 is 1.78 bits per heavy atom. The molecule has 158 valence electrons. The average molecular weight is 455 g/mol. The molecule has 0 atom stereocenters. The van der Waals surface area contributed by atoms with E-state index < -0.39 is 5.97 Å². The van der Waals surface area contributed by atoms with Crippen molar-refractivity contribution in [1.82, 2.24) is 25.6 Å². The fourth-order valence-corrected chi connectivity index (χ4v) is 3.57. The van der Waals surface area contributed by atoms with Crippen LogP contribution < -0.4 is 4.90 Å². The standard InChI is InChI=1S/C23H22N6O2.K.H/c1-2-14-29(22-20(23(30)31)8-5-13-24-22)15-16-9-11-17(12-10-16)18-6-3-4-7-19(18)21-25-27-28-26-21;;/h3-13H,2,14-15H2,1H3,(H,30,31)(H,25,26,27,28);;. The molecular weight excluding hydrogens is 431 g/mol. The van der Waals surface area contributed by atoms with E-state index in [1.807, 2.05) is 29.2 Å². The maximum absolute atomic E-state index is 11.6. The number of carboxylic acids is 1. The molecule has 2 aromatic heterocycles. The Balaban J connectivity index is 0.00000289. The number of carbonyl (C=O) groups is 1. The van der Waals surface area contributed by atoms with Gasteiger partial charge in [-0.25, -0.2) is 14.9 Å². The van der Waals surface area contributed by atoms with Crippen molar-refractivity contribution in [1.29, 1.82) is 0 Å². The van der Waals surface area contributed by atoms with E-state index in [4.69, 9.17) is 0 Å². The van der Waals surface area contributed by atoms with Gasteiger partial charge in [-0.2, -0.15) is 0 Å². The van der Waals surface area contributed by atoms with Crippen LogP contribution in [-0.2, 0) is 6.54 Å². The number of H-pyrrole nitrogens is 1. The number of hydrogen-bond acceptors (Lipinski definition) is 6. The fourth-order valence-electron chi connectivity index (χ4n) is 3.57. The molecule has 9 heteroatoms. The number of rotatable bonds is 8. The third kappa shape index (κ3) is 5.48. The molecule has 2 N–H and O–H groups in total. The van der Waals surface area contributed by atoms with E-state index in [0.717, 1.165) is 28.7 Å². The van der Waals surface area contributed by atoms with Gasteiger partial charge in [0, 0.05) is 24.8 Å². The number of anilines is 1. The Kier molecular flexibility index (Phi) is 8.65. The minimum absolute atomic E-state index is 0. The molecule has 0 radical (unpaired) electrons. The van der Waals surface area contributed by atoms with Crippen LogP contribution in [0.4, 0.5) is 5.82 Å². The zero-order valence-corrected chi connectivity index (χ0v) is 17.1. The Bertz CT molecular complexity index is 1170. The summed E-state index contributed by atoms with van der Waals surface area (Å²) in [6.07, 6.45) is 2.51. The zero-order chi connectivity index (χ0) is 21.6. The topological polar surface area (TPSA) is 108 Å². The molecule has 0 aliphatic rings. The molecule has 4 rings (SSSR count). The first-order valence-corrected chi connectivity index (χ1v) is 10.0. The summed E-state index contributed by atoms with van der Waals surface area (Å²) >= 11 is 0. The summed E-state index contributed by atoms with van der Waals surface area (Å²) in [6, 6.07) is 19.4. The van der Waals surface area contributed by atoms with E-state index in [0.29, 0.717) is 24.7 Å². The molecule has 0 saturated carbocycles. The van der Waals surface area contributed by atoms with Gasteiger partial charge in [0.15, 0.2) is 5.82 Å². The monoisotopic (exact) mass is 454 g/mol. The number of aromatic nitrogens is 5. The number of tetrazole rings is 1. The van der Waals surface area contributed by atoms with Gasteiger partial charge in [-0.15, -0.1) is 5.10 Å². The first-order chi connectivity index (χ1) is 15.2. The second-order valence-electron chi connectivity index (χ2n) is 7.09. The Labute approximate surface area is 228 Å². The van der Waals surface area contributed by atoms with Crippen molar-refractivity contribution in [2.24, 2.45) is 0 Å². The number of nitrogens with zero attached hydrogens (tertiary/aromatic N) is 5. The van der Waals surface area contributed by atoms with Gasteiger partial charge in [-0.05, 0) is 45.7 Å². The van der Waals surface area contributed by atoms with Gasteiger partial charge in [0.25, 0.3) is 0 Å². The predicted octanol–water partition coefficient (Wildman–Crippen LogP) is 3.40. The Hall–Kier alpha value is -2.43. The van der Waals surface area contributed by atoms with Crippen LogP contribution in [0.5, 0.6) is 0 Å². The predicted molar refractivity (Wildman–Crippen MR) is 125 cm³/mol. The van der Waals surface area contributed by atoms with Crippen LogP contribution in [0.25, 0.3) is 22.5 Å². The Morgan fingerprint density at radius 3 is 2.44 bits per heavy atom. The van der Waals surface area contributed by atoms with Crippen molar-refractivity contribution in [3.05, 3.63) is 78.0 Å². The number of benzene rings is 2. The second-order valence-corrected chi connectivity index (χ2v) is 7.09. The number of hydrogen-bond donors (Lipinski definition) is 2. The van der Waals surface area contributed by atoms with Crippen molar-refractivity contribution in [2.75, 3.05) is 11.4 Å².